The Morgan fingerprint density at radius 3 is 2.52 bits per heavy atom. The Bertz CT molecular complexity index is 952. The molecule has 4 rings (SSSR count). The summed E-state index contributed by atoms with van der Waals surface area (Å²) >= 11 is 0. The summed E-state index contributed by atoms with van der Waals surface area (Å²) in [6.07, 6.45) is 2.73. The molecular weight excluding hydrogens is 372 g/mol. The molecule has 1 aliphatic heterocycles. The van der Waals surface area contributed by atoms with E-state index >= 15 is 0 Å². The number of pyridine rings is 1. The molecule has 3 aromatic rings. The highest BCUT2D eigenvalue weighted by Crippen LogP contribution is 2.30. The molecule has 29 heavy (non-hydrogen) atoms. The van der Waals surface area contributed by atoms with Crippen molar-refractivity contribution in [2.24, 2.45) is 0 Å². The molecule has 0 fully saturated rings. The van der Waals surface area contributed by atoms with E-state index in [1.807, 2.05) is 42.5 Å². The number of amides is 1. The van der Waals surface area contributed by atoms with Crippen molar-refractivity contribution in [2.45, 2.75) is 6.10 Å². The first-order chi connectivity index (χ1) is 14.3. The van der Waals surface area contributed by atoms with Gasteiger partial charge in [-0.05, 0) is 36.4 Å². The first-order valence-corrected chi connectivity index (χ1v) is 9.19. The summed E-state index contributed by atoms with van der Waals surface area (Å²) in [6, 6.07) is 14.6. The summed E-state index contributed by atoms with van der Waals surface area (Å²) in [6.45, 7) is 1.11. The van der Waals surface area contributed by atoms with Gasteiger partial charge in [-0.15, -0.1) is 10.2 Å². The number of para-hydroxylation sites is 2. The van der Waals surface area contributed by atoms with Gasteiger partial charge in [-0.2, -0.15) is 0 Å². The van der Waals surface area contributed by atoms with Crippen molar-refractivity contribution < 1.29 is 14.3 Å². The average molecular weight is 392 g/mol. The summed E-state index contributed by atoms with van der Waals surface area (Å²) in [5, 5.41) is 17.3. The van der Waals surface area contributed by atoms with Gasteiger partial charge in [0, 0.05) is 31.2 Å². The second kappa shape index (κ2) is 8.87. The molecule has 9 nitrogen and oxygen atoms in total. The number of nitrogens with one attached hydrogen (secondary N) is 3. The van der Waals surface area contributed by atoms with Crippen LogP contribution in [0.1, 0.15) is 0 Å². The number of fused-ring (bicyclic) bond motifs is 1. The zero-order valence-corrected chi connectivity index (χ0v) is 15.5. The highest BCUT2D eigenvalue weighted by atomic mass is 16.6. The van der Waals surface area contributed by atoms with Crippen LogP contribution in [0.4, 0.5) is 17.3 Å². The van der Waals surface area contributed by atoms with E-state index in [0.29, 0.717) is 36.2 Å². The predicted molar refractivity (Wildman–Crippen MR) is 107 cm³/mol. The summed E-state index contributed by atoms with van der Waals surface area (Å²) in [5.74, 6) is 2.26. The predicted octanol–water partition coefficient (Wildman–Crippen LogP) is 1.98. The fourth-order valence-electron chi connectivity index (χ4n) is 2.72. The number of ether oxygens (including phenoxy) is 2. The van der Waals surface area contributed by atoms with E-state index in [2.05, 4.69) is 31.1 Å². The summed E-state index contributed by atoms with van der Waals surface area (Å²) in [4.78, 5) is 16.2. The molecule has 0 unspecified atom stereocenters. The maximum Gasteiger partial charge on any atom is 0.264 e. The Hall–Kier alpha value is -3.88. The summed E-state index contributed by atoms with van der Waals surface area (Å²) in [7, 11) is 0. The molecule has 1 amide bonds. The summed E-state index contributed by atoms with van der Waals surface area (Å²) in [5.41, 5.74) is 0.884. The van der Waals surface area contributed by atoms with Crippen molar-refractivity contribution in [3.63, 3.8) is 0 Å². The molecule has 1 atom stereocenters. The Morgan fingerprint density at radius 2 is 1.72 bits per heavy atom. The third-order valence-corrected chi connectivity index (χ3v) is 4.15. The lowest BCUT2D eigenvalue weighted by Gasteiger charge is -2.25. The zero-order valence-electron chi connectivity index (χ0n) is 15.5. The highest BCUT2D eigenvalue weighted by molar-refractivity contribution is 5.81. The van der Waals surface area contributed by atoms with Crippen LogP contribution in [-0.2, 0) is 4.79 Å². The SMILES string of the molecule is O=C(NCCNc1ccc(Nc2ccncc2)nn1)[C@@H]1COc2ccccc2O1. The lowest BCUT2D eigenvalue weighted by molar-refractivity contribution is -0.130. The number of benzene rings is 1. The van der Waals surface area contributed by atoms with E-state index < -0.39 is 6.10 Å². The minimum absolute atomic E-state index is 0.188. The van der Waals surface area contributed by atoms with Gasteiger partial charge in [0.15, 0.2) is 17.3 Å². The maximum absolute atomic E-state index is 12.3. The van der Waals surface area contributed by atoms with E-state index in [0.717, 1.165) is 5.69 Å². The molecule has 0 saturated heterocycles. The summed E-state index contributed by atoms with van der Waals surface area (Å²) < 4.78 is 11.2. The fourth-order valence-corrected chi connectivity index (χ4v) is 2.72. The van der Waals surface area contributed by atoms with Crippen LogP contribution in [0.25, 0.3) is 0 Å². The molecule has 0 bridgehead atoms. The molecule has 2 aromatic heterocycles. The van der Waals surface area contributed by atoms with Crippen molar-refractivity contribution in [2.75, 3.05) is 30.3 Å². The first-order valence-electron chi connectivity index (χ1n) is 9.19. The number of anilines is 3. The molecule has 3 heterocycles. The van der Waals surface area contributed by atoms with E-state index in [1.54, 1.807) is 18.5 Å². The highest BCUT2D eigenvalue weighted by Gasteiger charge is 2.26. The van der Waals surface area contributed by atoms with E-state index in [-0.39, 0.29) is 12.5 Å². The van der Waals surface area contributed by atoms with Crippen LogP contribution in [0.3, 0.4) is 0 Å². The lowest BCUT2D eigenvalue weighted by atomic mass is 10.2. The quantitative estimate of drug-likeness (QED) is 0.524. The second-order valence-electron chi connectivity index (χ2n) is 6.25. The third kappa shape index (κ3) is 4.89. The standard InChI is InChI=1S/C20H20N6O3/c27-20(17-13-28-15-3-1-2-4-16(15)29-17)23-12-11-22-18-5-6-19(26-25-18)24-14-7-9-21-10-8-14/h1-10,17H,11-13H2,(H,22,25)(H,23,27)(H,21,24,26)/t17-/m0/s1. The van der Waals surface area contributed by atoms with Gasteiger partial charge in [0.25, 0.3) is 5.91 Å². The maximum atomic E-state index is 12.3. The molecule has 148 valence electrons. The minimum Gasteiger partial charge on any atom is -0.485 e. The lowest BCUT2D eigenvalue weighted by Crippen LogP contribution is -2.45. The van der Waals surface area contributed by atoms with Crippen molar-refractivity contribution >= 4 is 23.2 Å². The Kier molecular flexibility index (Phi) is 5.65. The Labute approximate surface area is 167 Å². The van der Waals surface area contributed by atoms with E-state index in [4.69, 9.17) is 9.47 Å². The van der Waals surface area contributed by atoms with Crippen LogP contribution in [0, 0.1) is 0 Å². The Morgan fingerprint density at radius 1 is 0.966 bits per heavy atom. The van der Waals surface area contributed by atoms with Crippen LogP contribution in [-0.4, -0.2) is 46.9 Å². The number of aromatic nitrogens is 3. The van der Waals surface area contributed by atoms with Crippen molar-refractivity contribution in [1.82, 2.24) is 20.5 Å². The molecule has 3 N–H and O–H groups in total. The molecule has 0 spiro atoms. The van der Waals surface area contributed by atoms with Crippen molar-refractivity contribution in [1.29, 1.82) is 0 Å². The molecular formula is C20H20N6O3. The second-order valence-corrected chi connectivity index (χ2v) is 6.25. The van der Waals surface area contributed by atoms with Crippen molar-refractivity contribution in [3.05, 3.63) is 60.9 Å². The molecule has 1 aromatic carbocycles. The van der Waals surface area contributed by atoms with Crippen LogP contribution >= 0.6 is 0 Å². The average Bonchev–Trinajstić information content (AvgIpc) is 2.78. The molecule has 0 saturated carbocycles. The number of nitrogens with zero attached hydrogens (tertiary/aromatic N) is 3. The van der Waals surface area contributed by atoms with Crippen LogP contribution in [0.5, 0.6) is 11.5 Å². The van der Waals surface area contributed by atoms with E-state index in [9.17, 15) is 4.79 Å². The normalized spacial score (nSPS) is 14.7. The smallest absolute Gasteiger partial charge is 0.264 e. The number of hydrogen-bond acceptors (Lipinski definition) is 8. The van der Waals surface area contributed by atoms with Crippen molar-refractivity contribution in [3.8, 4) is 11.5 Å². The van der Waals surface area contributed by atoms with Gasteiger partial charge in [-0.25, -0.2) is 0 Å². The van der Waals surface area contributed by atoms with Gasteiger partial charge in [-0.1, -0.05) is 12.1 Å². The molecule has 0 radical (unpaired) electrons. The van der Waals surface area contributed by atoms with Crippen LogP contribution in [0.15, 0.2) is 60.9 Å². The number of hydrogen-bond donors (Lipinski definition) is 3. The fraction of sp³-hybridized carbons (Fsp3) is 0.200. The van der Waals surface area contributed by atoms with Crippen LogP contribution < -0.4 is 25.4 Å². The van der Waals surface area contributed by atoms with Gasteiger partial charge in [0.05, 0.1) is 0 Å². The number of carbonyl (C=O) groups excluding carboxylic acids is 1. The van der Waals surface area contributed by atoms with Gasteiger partial charge in [-0.3, -0.25) is 9.78 Å². The topological polar surface area (TPSA) is 110 Å². The molecule has 0 aliphatic carbocycles. The Balaban J connectivity index is 1.19. The van der Waals surface area contributed by atoms with Gasteiger partial charge in [0.1, 0.15) is 12.4 Å². The minimum atomic E-state index is -0.664. The first kappa shape index (κ1) is 18.5. The largest absolute Gasteiger partial charge is 0.485 e. The number of carbonyl (C=O) groups is 1. The number of rotatable bonds is 7. The van der Waals surface area contributed by atoms with Gasteiger partial charge >= 0.3 is 0 Å². The monoisotopic (exact) mass is 392 g/mol. The molecule has 9 heteroatoms. The van der Waals surface area contributed by atoms with Gasteiger partial charge < -0.3 is 25.4 Å². The molecule has 1 aliphatic rings. The third-order valence-electron chi connectivity index (χ3n) is 4.15. The van der Waals surface area contributed by atoms with Crippen LogP contribution in [0.2, 0.25) is 0 Å². The van der Waals surface area contributed by atoms with E-state index in [1.165, 1.54) is 0 Å². The zero-order chi connectivity index (χ0) is 19.9. The van der Waals surface area contributed by atoms with Gasteiger partial charge in [0.2, 0.25) is 6.10 Å².